The van der Waals surface area contributed by atoms with E-state index in [1.807, 2.05) is 19.1 Å². The molecule has 0 spiro atoms. The number of rotatable bonds is 6. The van der Waals surface area contributed by atoms with E-state index in [0.29, 0.717) is 11.1 Å². The van der Waals surface area contributed by atoms with Crippen molar-refractivity contribution in [1.29, 1.82) is 0 Å². The van der Waals surface area contributed by atoms with Crippen molar-refractivity contribution in [2.24, 2.45) is 10.2 Å². The van der Waals surface area contributed by atoms with Gasteiger partial charge in [-0.25, -0.2) is 0 Å². The second-order valence-electron chi connectivity index (χ2n) is 8.53. The van der Waals surface area contributed by atoms with Crippen molar-refractivity contribution in [3.63, 3.8) is 0 Å². The Labute approximate surface area is 241 Å². The number of benzene rings is 5. The van der Waals surface area contributed by atoms with Gasteiger partial charge in [-0.2, -0.15) is 10.2 Å². The van der Waals surface area contributed by atoms with Crippen LogP contribution in [0, 0.1) is 6.92 Å². The predicted octanol–water partition coefficient (Wildman–Crippen LogP) is 4.38. The summed E-state index contributed by atoms with van der Waals surface area (Å²) in [5.41, 5.74) is 1.95. The largest absolute Gasteiger partial charge is 2.00 e. The van der Waals surface area contributed by atoms with Gasteiger partial charge in [-0.1, -0.05) is 114 Å². The van der Waals surface area contributed by atoms with Crippen LogP contribution in [0.2, 0.25) is 0 Å². The minimum atomic E-state index is -0.877. The van der Waals surface area contributed by atoms with Gasteiger partial charge in [-0.15, -0.1) is 0 Å². The maximum Gasteiger partial charge on any atom is 2.00 e. The third kappa shape index (κ3) is 8.75. The fourth-order valence-electron chi connectivity index (χ4n) is 3.80. The van der Waals surface area contributed by atoms with Crippen molar-refractivity contribution in [3.05, 3.63) is 156 Å². The molecule has 0 aliphatic carbocycles. The zero-order valence-corrected chi connectivity index (χ0v) is 23.4. The Balaban J connectivity index is 0.000000210. The molecule has 0 atom stereocenters. The minimum Gasteiger partial charge on any atom is -0.872 e. The van der Waals surface area contributed by atoms with Crippen LogP contribution in [0.4, 0.5) is 0 Å². The van der Waals surface area contributed by atoms with E-state index in [2.05, 4.69) is 101 Å². The van der Waals surface area contributed by atoms with Gasteiger partial charge in [0.1, 0.15) is 15.9 Å². The molecule has 0 aliphatic rings. The third-order valence-corrected chi connectivity index (χ3v) is 8.48. The van der Waals surface area contributed by atoms with Crippen molar-refractivity contribution in [2.45, 2.75) is 6.92 Å². The van der Waals surface area contributed by atoms with E-state index in [1.165, 1.54) is 28.2 Å². The topological polar surface area (TPSA) is 70.8 Å². The van der Waals surface area contributed by atoms with Crippen LogP contribution in [0.5, 0.6) is 5.75 Å². The van der Waals surface area contributed by atoms with Gasteiger partial charge in [0.25, 0.3) is 0 Å². The zero-order chi connectivity index (χ0) is 26.6. The summed E-state index contributed by atoms with van der Waals surface area (Å²) in [7, 11) is -0.877. The molecule has 5 rings (SSSR count). The van der Waals surface area contributed by atoms with Crippen molar-refractivity contribution in [3.8, 4) is 5.75 Å². The van der Waals surface area contributed by atoms with Gasteiger partial charge >= 0.3 is 16.5 Å². The molecule has 6 heteroatoms. The SMILES string of the molecule is Cc1ccc(/C([O-])=N/N=C/c2ccccc2[O-])cc1.[Ni+2].c1ccc([PH+](c2ccccc2)c2ccccc2)cc1. The molecule has 0 N–H and O–H groups in total. The summed E-state index contributed by atoms with van der Waals surface area (Å²) in [6.45, 7) is 1.94. The predicted molar refractivity (Wildman–Crippen MR) is 158 cm³/mol. The summed E-state index contributed by atoms with van der Waals surface area (Å²) in [6, 6.07) is 46.0. The van der Waals surface area contributed by atoms with Gasteiger partial charge in [0, 0.05) is 5.90 Å². The van der Waals surface area contributed by atoms with Crippen molar-refractivity contribution in [1.82, 2.24) is 0 Å². The van der Waals surface area contributed by atoms with Gasteiger partial charge in [0.2, 0.25) is 0 Å². The quantitative estimate of drug-likeness (QED) is 0.0994. The molecule has 0 saturated carbocycles. The Hall–Kier alpha value is -4.04. The molecule has 5 aromatic rings. The maximum absolute atomic E-state index is 11.7. The van der Waals surface area contributed by atoms with Gasteiger partial charge in [0.05, 0.1) is 14.1 Å². The molecule has 0 radical (unpaired) electrons. The molecule has 0 saturated heterocycles. The Kier molecular flexibility index (Phi) is 11.7. The number of hydrogen-bond acceptors (Lipinski definition) is 4. The molecule has 0 bridgehead atoms. The van der Waals surface area contributed by atoms with Crippen LogP contribution in [0.25, 0.3) is 0 Å². The number of hydrogen-bond donors (Lipinski definition) is 0. The summed E-state index contributed by atoms with van der Waals surface area (Å²) in [6.07, 6.45) is 1.29. The third-order valence-electron chi connectivity index (χ3n) is 5.75. The Bertz CT molecular complexity index is 1380. The zero-order valence-electron chi connectivity index (χ0n) is 21.4. The molecule has 0 aliphatic heterocycles. The number of nitrogens with zero attached hydrogens (tertiary/aromatic N) is 2. The Morgan fingerprint density at radius 1 is 0.615 bits per heavy atom. The summed E-state index contributed by atoms with van der Waals surface area (Å²) in [5.74, 6) is -0.580. The maximum atomic E-state index is 11.7. The summed E-state index contributed by atoms with van der Waals surface area (Å²) in [5, 5.41) is 34.6. The van der Waals surface area contributed by atoms with Crippen molar-refractivity contribution >= 4 is 35.9 Å². The molecule has 196 valence electrons. The van der Waals surface area contributed by atoms with Crippen LogP contribution < -0.4 is 26.1 Å². The first-order valence-electron chi connectivity index (χ1n) is 12.3. The smallest absolute Gasteiger partial charge is 0.872 e. The van der Waals surface area contributed by atoms with Gasteiger partial charge < -0.3 is 10.2 Å². The van der Waals surface area contributed by atoms with Gasteiger partial charge in [-0.05, 0) is 54.4 Å². The molecular formula is C33H28N2NiO2P+. The second kappa shape index (κ2) is 15.4. The molecule has 0 aromatic heterocycles. The monoisotopic (exact) mass is 573 g/mol. The average Bonchev–Trinajstić information content (AvgIpc) is 2.97. The standard InChI is InChI=1S/C18H15P.C15H14N2O2.Ni/c1-4-10-16(11-5-1)19(17-12-6-2-7-13-17)18-14-8-3-9-15-18;1-11-6-8-12(9-7-11)15(19)17-16-10-13-4-2-3-5-14(13)18;/h1-15H;2-10,18H,1H3,(H,17,19);/q;;+2/p-1/b;16-10+;. The van der Waals surface area contributed by atoms with Crippen LogP contribution in [-0.4, -0.2) is 12.1 Å². The van der Waals surface area contributed by atoms with Crippen LogP contribution >= 0.6 is 7.92 Å². The molecule has 4 nitrogen and oxygen atoms in total. The molecule has 5 aromatic carbocycles. The summed E-state index contributed by atoms with van der Waals surface area (Å²) < 4.78 is 0. The molecule has 0 heterocycles. The van der Waals surface area contributed by atoms with E-state index in [9.17, 15) is 10.2 Å². The summed E-state index contributed by atoms with van der Waals surface area (Å²) >= 11 is 0. The molecular weight excluding hydrogens is 546 g/mol. The van der Waals surface area contributed by atoms with Crippen molar-refractivity contribution in [2.75, 3.05) is 0 Å². The first-order valence-corrected chi connectivity index (χ1v) is 13.8. The first kappa shape index (κ1) is 29.5. The van der Waals surface area contributed by atoms with E-state index in [0.717, 1.165) is 5.56 Å². The van der Waals surface area contributed by atoms with Gasteiger partial charge in [-0.3, -0.25) is 0 Å². The molecule has 39 heavy (non-hydrogen) atoms. The number of aryl methyl sites for hydroxylation is 1. The summed E-state index contributed by atoms with van der Waals surface area (Å²) in [4.78, 5) is 0. The molecule has 0 fully saturated rings. The normalized spacial score (nSPS) is 11.0. The van der Waals surface area contributed by atoms with Crippen LogP contribution in [0.15, 0.2) is 150 Å². The fourth-order valence-corrected chi connectivity index (χ4v) is 6.38. The Morgan fingerprint density at radius 3 is 1.51 bits per heavy atom. The first-order chi connectivity index (χ1) is 18.6. The van der Waals surface area contributed by atoms with Crippen LogP contribution in [-0.2, 0) is 16.5 Å². The van der Waals surface area contributed by atoms with Crippen LogP contribution in [0.1, 0.15) is 16.7 Å². The fraction of sp³-hybridized carbons (Fsp3) is 0.0303. The minimum absolute atomic E-state index is 0. The molecule has 0 unspecified atom stereocenters. The van der Waals surface area contributed by atoms with Gasteiger partial charge in [0.15, 0.2) is 0 Å². The van der Waals surface area contributed by atoms with Crippen LogP contribution in [0.3, 0.4) is 0 Å². The molecule has 0 amide bonds. The van der Waals surface area contributed by atoms with E-state index in [-0.39, 0.29) is 22.2 Å². The van der Waals surface area contributed by atoms with E-state index >= 15 is 0 Å². The number of para-hydroxylation sites is 1. The average molecular weight is 574 g/mol. The Morgan fingerprint density at radius 2 is 1.05 bits per heavy atom. The van der Waals surface area contributed by atoms with E-state index in [4.69, 9.17) is 0 Å². The van der Waals surface area contributed by atoms with Crippen molar-refractivity contribution < 1.29 is 26.7 Å². The second-order valence-corrected chi connectivity index (χ2v) is 11.0. The van der Waals surface area contributed by atoms with E-state index < -0.39 is 13.8 Å². The van der Waals surface area contributed by atoms with E-state index in [1.54, 1.807) is 30.3 Å².